The molecule has 0 fully saturated rings. The van der Waals surface area contributed by atoms with Crippen molar-refractivity contribution in [2.75, 3.05) is 7.11 Å². The van der Waals surface area contributed by atoms with Crippen LogP contribution < -0.4 is 4.74 Å². The topological polar surface area (TPSA) is 26.3 Å². The smallest absolute Gasteiger partial charge is 0.171 e. The molecule has 0 unspecified atom stereocenters. The van der Waals surface area contributed by atoms with Gasteiger partial charge in [-0.05, 0) is 30.7 Å². The van der Waals surface area contributed by atoms with Gasteiger partial charge in [-0.2, -0.15) is 0 Å². The first kappa shape index (κ1) is 14.5. The molecule has 0 aliphatic carbocycles. The van der Waals surface area contributed by atoms with Gasteiger partial charge in [-0.15, -0.1) is 0 Å². The van der Waals surface area contributed by atoms with Crippen molar-refractivity contribution in [2.45, 2.75) is 13.3 Å². The Hall–Kier alpha value is -1.87. The molecule has 0 amide bonds. The maximum Gasteiger partial charge on any atom is 0.171 e. The van der Waals surface area contributed by atoms with Crippen molar-refractivity contribution < 1.29 is 13.9 Å². The molecule has 2 aromatic rings. The second kappa shape index (κ2) is 6.06. The van der Waals surface area contributed by atoms with Crippen LogP contribution in [-0.2, 0) is 6.42 Å². The normalized spacial score (nSPS) is 10.4. The lowest BCUT2D eigenvalue weighted by Crippen LogP contribution is -2.07. The third kappa shape index (κ3) is 2.99. The SMILES string of the molecule is COc1ccc(C)cc1C(=O)Cc1cccc(Cl)c1F. The minimum atomic E-state index is -0.547. The van der Waals surface area contributed by atoms with Crippen molar-refractivity contribution in [3.8, 4) is 5.75 Å². The average molecular weight is 293 g/mol. The lowest BCUT2D eigenvalue weighted by atomic mass is 10.0. The van der Waals surface area contributed by atoms with Gasteiger partial charge in [0.1, 0.15) is 11.6 Å². The lowest BCUT2D eigenvalue weighted by molar-refractivity contribution is 0.0989. The number of ether oxygens (including phenoxy) is 1. The minimum Gasteiger partial charge on any atom is -0.496 e. The van der Waals surface area contributed by atoms with E-state index >= 15 is 0 Å². The van der Waals surface area contributed by atoms with Crippen molar-refractivity contribution in [2.24, 2.45) is 0 Å². The van der Waals surface area contributed by atoms with E-state index in [-0.39, 0.29) is 22.8 Å². The van der Waals surface area contributed by atoms with Crippen LogP contribution in [0.15, 0.2) is 36.4 Å². The molecule has 0 atom stereocenters. The molecule has 0 saturated carbocycles. The van der Waals surface area contributed by atoms with Crippen molar-refractivity contribution in [3.05, 3.63) is 63.9 Å². The fourth-order valence-corrected chi connectivity index (χ4v) is 2.19. The Kier molecular flexibility index (Phi) is 4.40. The standard InChI is InChI=1S/C16H14ClFO2/c1-10-6-7-15(20-2)12(8-10)14(19)9-11-4-3-5-13(17)16(11)18/h3-8H,9H2,1-2H3. The Morgan fingerprint density at radius 2 is 2.05 bits per heavy atom. The second-order valence-corrected chi connectivity index (χ2v) is 4.92. The second-order valence-electron chi connectivity index (χ2n) is 4.52. The minimum absolute atomic E-state index is 0.0199. The van der Waals surface area contributed by atoms with Crippen LogP contribution in [0.25, 0.3) is 0 Å². The van der Waals surface area contributed by atoms with E-state index in [4.69, 9.17) is 16.3 Å². The molecule has 4 heteroatoms. The lowest BCUT2D eigenvalue weighted by Gasteiger charge is -2.09. The van der Waals surface area contributed by atoms with Gasteiger partial charge in [0.15, 0.2) is 5.78 Å². The Morgan fingerprint density at radius 1 is 1.30 bits per heavy atom. The summed E-state index contributed by atoms with van der Waals surface area (Å²) in [6.45, 7) is 1.89. The monoisotopic (exact) mass is 292 g/mol. The molecule has 0 saturated heterocycles. The Labute approximate surface area is 122 Å². The molecule has 0 heterocycles. The number of rotatable bonds is 4. The van der Waals surface area contributed by atoms with E-state index in [2.05, 4.69) is 0 Å². The van der Waals surface area contributed by atoms with Gasteiger partial charge in [-0.3, -0.25) is 4.79 Å². The predicted octanol–water partition coefficient (Wildman–Crippen LogP) is 4.22. The summed E-state index contributed by atoms with van der Waals surface area (Å²) in [5, 5.41) is 0.0199. The van der Waals surface area contributed by atoms with Crippen molar-refractivity contribution in [1.29, 1.82) is 0 Å². The van der Waals surface area contributed by atoms with Crippen LogP contribution in [0.5, 0.6) is 5.75 Å². The quantitative estimate of drug-likeness (QED) is 0.789. The fourth-order valence-electron chi connectivity index (χ4n) is 1.99. The number of benzene rings is 2. The number of hydrogen-bond donors (Lipinski definition) is 0. The first-order chi connectivity index (χ1) is 9.52. The van der Waals surface area contributed by atoms with Crippen LogP contribution in [0.4, 0.5) is 4.39 Å². The van der Waals surface area contributed by atoms with Gasteiger partial charge in [0.05, 0.1) is 17.7 Å². The van der Waals surface area contributed by atoms with Crippen molar-refractivity contribution in [3.63, 3.8) is 0 Å². The van der Waals surface area contributed by atoms with E-state index in [0.717, 1.165) is 5.56 Å². The summed E-state index contributed by atoms with van der Waals surface area (Å²) in [5.41, 5.74) is 1.68. The van der Waals surface area contributed by atoms with Crippen molar-refractivity contribution >= 4 is 17.4 Å². The molecule has 0 aromatic heterocycles. The summed E-state index contributed by atoms with van der Waals surface area (Å²) >= 11 is 5.72. The van der Waals surface area contributed by atoms with Gasteiger partial charge in [0, 0.05) is 6.42 Å². The molecular weight excluding hydrogens is 279 g/mol. The molecule has 2 rings (SSSR count). The number of halogens is 2. The molecule has 0 spiro atoms. The van der Waals surface area contributed by atoms with Gasteiger partial charge in [-0.1, -0.05) is 35.4 Å². The molecule has 0 aliphatic rings. The third-order valence-corrected chi connectivity index (χ3v) is 3.33. The summed E-state index contributed by atoms with van der Waals surface area (Å²) < 4.78 is 19.0. The summed E-state index contributed by atoms with van der Waals surface area (Å²) in [5.74, 6) is -0.260. The van der Waals surface area contributed by atoms with Crippen molar-refractivity contribution in [1.82, 2.24) is 0 Å². The number of carbonyl (C=O) groups is 1. The third-order valence-electron chi connectivity index (χ3n) is 3.04. The van der Waals surface area contributed by atoms with Crippen LogP contribution in [0.2, 0.25) is 5.02 Å². The van der Waals surface area contributed by atoms with Crippen LogP contribution in [0, 0.1) is 12.7 Å². The van der Waals surface area contributed by atoms with Crippen LogP contribution in [0.1, 0.15) is 21.5 Å². The van der Waals surface area contributed by atoms with E-state index in [1.165, 1.54) is 13.2 Å². The number of Topliss-reactive ketones (excluding diaryl/α,β-unsaturated/α-hetero) is 1. The molecule has 0 N–H and O–H groups in total. The van der Waals surface area contributed by atoms with Gasteiger partial charge >= 0.3 is 0 Å². The van der Waals surface area contributed by atoms with Crippen LogP contribution in [-0.4, -0.2) is 12.9 Å². The van der Waals surface area contributed by atoms with E-state index in [1.54, 1.807) is 24.3 Å². The van der Waals surface area contributed by atoms with E-state index in [0.29, 0.717) is 11.3 Å². The summed E-state index contributed by atoms with van der Waals surface area (Å²) in [6.07, 6.45) is -0.0494. The summed E-state index contributed by atoms with van der Waals surface area (Å²) in [7, 11) is 1.50. The fraction of sp³-hybridized carbons (Fsp3) is 0.188. The highest BCUT2D eigenvalue weighted by molar-refractivity contribution is 6.30. The number of aryl methyl sites for hydroxylation is 1. The first-order valence-electron chi connectivity index (χ1n) is 6.13. The van der Waals surface area contributed by atoms with Crippen LogP contribution in [0.3, 0.4) is 0 Å². The highest BCUT2D eigenvalue weighted by Crippen LogP contribution is 2.24. The zero-order valence-corrected chi connectivity index (χ0v) is 12.0. The molecular formula is C16H14ClFO2. The molecule has 2 nitrogen and oxygen atoms in total. The largest absolute Gasteiger partial charge is 0.496 e. The molecule has 0 radical (unpaired) electrons. The Bertz CT molecular complexity index is 653. The molecule has 20 heavy (non-hydrogen) atoms. The van der Waals surface area contributed by atoms with Gasteiger partial charge in [0.2, 0.25) is 0 Å². The zero-order valence-electron chi connectivity index (χ0n) is 11.2. The van der Waals surface area contributed by atoms with E-state index in [9.17, 15) is 9.18 Å². The molecule has 104 valence electrons. The molecule has 0 bridgehead atoms. The number of hydrogen-bond acceptors (Lipinski definition) is 2. The Morgan fingerprint density at radius 3 is 2.75 bits per heavy atom. The average Bonchev–Trinajstić information content (AvgIpc) is 2.43. The van der Waals surface area contributed by atoms with E-state index in [1.807, 2.05) is 13.0 Å². The number of methoxy groups -OCH3 is 1. The summed E-state index contributed by atoms with van der Waals surface area (Å²) in [4.78, 5) is 12.3. The van der Waals surface area contributed by atoms with Gasteiger partial charge in [-0.25, -0.2) is 4.39 Å². The summed E-state index contributed by atoms with van der Waals surface area (Å²) in [6, 6.07) is 9.97. The highest BCUT2D eigenvalue weighted by atomic mass is 35.5. The first-order valence-corrected chi connectivity index (χ1v) is 6.51. The molecule has 0 aliphatic heterocycles. The van der Waals surface area contributed by atoms with E-state index < -0.39 is 5.82 Å². The zero-order chi connectivity index (χ0) is 14.7. The highest BCUT2D eigenvalue weighted by Gasteiger charge is 2.16. The van der Waals surface area contributed by atoms with Gasteiger partial charge < -0.3 is 4.74 Å². The Balaban J connectivity index is 2.33. The maximum absolute atomic E-state index is 13.8. The van der Waals surface area contributed by atoms with Crippen LogP contribution >= 0.6 is 11.6 Å². The number of carbonyl (C=O) groups excluding carboxylic acids is 1. The predicted molar refractivity (Wildman–Crippen MR) is 77.2 cm³/mol. The molecule has 2 aromatic carbocycles. The number of ketones is 1. The maximum atomic E-state index is 13.8. The van der Waals surface area contributed by atoms with Gasteiger partial charge in [0.25, 0.3) is 0 Å².